The van der Waals surface area contributed by atoms with E-state index >= 15 is 0 Å². The molecule has 0 radical (unpaired) electrons. The Bertz CT molecular complexity index is 741. The third kappa shape index (κ3) is 3.42. The number of ether oxygens (including phenoxy) is 1. The van der Waals surface area contributed by atoms with Gasteiger partial charge in [0.2, 0.25) is 5.91 Å². The lowest BCUT2D eigenvalue weighted by Gasteiger charge is -2.34. The van der Waals surface area contributed by atoms with Gasteiger partial charge in [0, 0.05) is 38.5 Å². The van der Waals surface area contributed by atoms with Crippen LogP contribution >= 0.6 is 0 Å². The van der Waals surface area contributed by atoms with Crippen LogP contribution in [-0.4, -0.2) is 51.0 Å². The molecule has 0 saturated heterocycles. The van der Waals surface area contributed by atoms with Gasteiger partial charge in [0.25, 0.3) is 0 Å². The maximum atomic E-state index is 12.8. The van der Waals surface area contributed by atoms with E-state index in [4.69, 9.17) is 4.74 Å². The summed E-state index contributed by atoms with van der Waals surface area (Å²) >= 11 is 0. The maximum absolute atomic E-state index is 12.8. The van der Waals surface area contributed by atoms with Crippen LogP contribution < -0.4 is 0 Å². The van der Waals surface area contributed by atoms with E-state index in [1.807, 2.05) is 27.8 Å². The first-order valence-corrected chi connectivity index (χ1v) is 8.87. The summed E-state index contributed by atoms with van der Waals surface area (Å²) in [4.78, 5) is 19.0. The second kappa shape index (κ2) is 6.92. The second-order valence-corrected chi connectivity index (χ2v) is 6.85. The Morgan fingerprint density at radius 1 is 1.36 bits per heavy atom. The first-order valence-electron chi connectivity index (χ1n) is 8.87. The van der Waals surface area contributed by atoms with Crippen LogP contribution in [-0.2, 0) is 28.9 Å². The predicted octanol–water partition coefficient (Wildman–Crippen LogP) is 1.40. The number of hydrogen-bond acceptors (Lipinski definition) is 5. The molecule has 2 aromatic rings. The Morgan fingerprint density at radius 2 is 2.24 bits per heavy atom. The van der Waals surface area contributed by atoms with Crippen LogP contribution in [0.5, 0.6) is 0 Å². The average Bonchev–Trinajstić information content (AvgIpc) is 3.35. The zero-order valence-electron chi connectivity index (χ0n) is 14.5. The summed E-state index contributed by atoms with van der Waals surface area (Å²) in [5, 5.41) is 8.75. The Morgan fingerprint density at radius 3 is 2.96 bits per heavy atom. The van der Waals surface area contributed by atoms with Crippen molar-refractivity contribution in [3.63, 3.8) is 0 Å². The van der Waals surface area contributed by atoms with Crippen molar-refractivity contribution in [3.05, 3.63) is 41.5 Å². The topological polar surface area (TPSA) is 73.1 Å². The number of carbonyl (C=O) groups is 1. The number of pyridine rings is 1. The summed E-state index contributed by atoms with van der Waals surface area (Å²) in [6, 6.07) is 5.47. The number of rotatable bonds is 6. The number of methoxy groups -OCH3 is 1. The zero-order chi connectivity index (χ0) is 17.2. The molecule has 7 heteroatoms. The lowest BCUT2D eigenvalue weighted by Crippen LogP contribution is -2.43. The lowest BCUT2D eigenvalue weighted by atomic mass is 10.0. The monoisotopic (exact) mass is 341 g/mol. The Balaban J connectivity index is 1.54. The number of nitrogens with zero attached hydrogens (tertiary/aromatic N) is 5. The first-order chi connectivity index (χ1) is 12.3. The first kappa shape index (κ1) is 16.2. The molecule has 1 fully saturated rings. The molecule has 3 heterocycles. The highest BCUT2D eigenvalue weighted by molar-refractivity contribution is 5.79. The number of fused-ring (bicyclic) bond motifs is 1. The van der Waals surface area contributed by atoms with Gasteiger partial charge in [-0.25, -0.2) is 4.68 Å². The van der Waals surface area contributed by atoms with Crippen molar-refractivity contribution in [1.82, 2.24) is 24.9 Å². The van der Waals surface area contributed by atoms with Gasteiger partial charge in [-0.15, -0.1) is 5.10 Å². The van der Waals surface area contributed by atoms with Crippen LogP contribution in [0, 0.1) is 5.92 Å². The molecule has 1 amide bonds. The van der Waals surface area contributed by atoms with E-state index in [0.717, 1.165) is 36.0 Å². The standard InChI is InChI=1S/C18H23N5O2/c1-25-12-16-18-15(23(21-20-18)11-13-5-6-13)7-9-22(16)17(24)10-14-4-2-3-8-19-14/h2-4,8,13,16H,5-7,9-12H2,1H3. The van der Waals surface area contributed by atoms with Gasteiger partial charge in [0.05, 0.1) is 18.7 Å². The fourth-order valence-electron chi connectivity index (χ4n) is 3.47. The van der Waals surface area contributed by atoms with Gasteiger partial charge in [-0.1, -0.05) is 11.3 Å². The third-order valence-corrected chi connectivity index (χ3v) is 4.98. The van der Waals surface area contributed by atoms with Crippen molar-refractivity contribution in [2.24, 2.45) is 5.92 Å². The molecular weight excluding hydrogens is 318 g/mol. The summed E-state index contributed by atoms with van der Waals surface area (Å²) in [7, 11) is 1.66. The number of amides is 1. The molecule has 7 nitrogen and oxygen atoms in total. The Labute approximate surface area is 147 Å². The maximum Gasteiger partial charge on any atom is 0.229 e. The van der Waals surface area contributed by atoms with Gasteiger partial charge < -0.3 is 9.64 Å². The molecule has 0 aromatic carbocycles. The van der Waals surface area contributed by atoms with Crippen LogP contribution in [0.1, 0.15) is 36.0 Å². The largest absolute Gasteiger partial charge is 0.382 e. The molecule has 2 aliphatic rings. The lowest BCUT2D eigenvalue weighted by molar-refractivity contribution is -0.134. The zero-order valence-corrected chi connectivity index (χ0v) is 14.5. The molecule has 132 valence electrons. The van der Waals surface area contributed by atoms with Crippen molar-refractivity contribution >= 4 is 5.91 Å². The quantitative estimate of drug-likeness (QED) is 0.794. The average molecular weight is 341 g/mol. The van der Waals surface area contributed by atoms with Crippen molar-refractivity contribution in [2.45, 2.75) is 38.3 Å². The summed E-state index contributed by atoms with van der Waals surface area (Å²) in [5.74, 6) is 0.804. The van der Waals surface area contributed by atoms with Crippen LogP contribution in [0.2, 0.25) is 0 Å². The number of hydrogen-bond donors (Lipinski definition) is 0. The molecule has 4 rings (SSSR count). The van der Waals surface area contributed by atoms with Gasteiger partial charge in [-0.05, 0) is 30.9 Å². The molecule has 1 unspecified atom stereocenters. The fraction of sp³-hybridized carbons (Fsp3) is 0.556. The molecule has 0 N–H and O–H groups in total. The molecule has 1 saturated carbocycles. The van der Waals surface area contributed by atoms with E-state index in [-0.39, 0.29) is 11.9 Å². The fourth-order valence-corrected chi connectivity index (χ4v) is 3.47. The molecule has 0 bridgehead atoms. The van der Waals surface area contributed by atoms with Crippen molar-refractivity contribution in [1.29, 1.82) is 0 Å². The summed E-state index contributed by atoms with van der Waals surface area (Å²) in [6.07, 6.45) is 5.37. The Kier molecular flexibility index (Phi) is 4.48. The van der Waals surface area contributed by atoms with E-state index in [1.54, 1.807) is 13.3 Å². The number of aromatic nitrogens is 4. The minimum absolute atomic E-state index is 0.0585. The number of carbonyl (C=O) groups excluding carboxylic acids is 1. The van der Waals surface area contributed by atoms with E-state index in [0.29, 0.717) is 19.6 Å². The van der Waals surface area contributed by atoms with Crippen molar-refractivity contribution in [3.8, 4) is 0 Å². The molecule has 25 heavy (non-hydrogen) atoms. The van der Waals surface area contributed by atoms with Gasteiger partial charge in [0.1, 0.15) is 11.7 Å². The summed E-state index contributed by atoms with van der Waals surface area (Å²) in [6.45, 7) is 2.05. The summed E-state index contributed by atoms with van der Waals surface area (Å²) < 4.78 is 7.42. The highest BCUT2D eigenvalue weighted by atomic mass is 16.5. The van der Waals surface area contributed by atoms with Gasteiger partial charge in [-0.2, -0.15) is 0 Å². The normalized spacial score (nSPS) is 19.7. The predicted molar refractivity (Wildman–Crippen MR) is 90.7 cm³/mol. The van der Waals surface area contributed by atoms with E-state index < -0.39 is 0 Å². The SMILES string of the molecule is COCC1c2nnn(CC3CC3)c2CCN1C(=O)Cc1ccccn1. The minimum atomic E-state index is -0.169. The van der Waals surface area contributed by atoms with E-state index in [2.05, 4.69) is 15.3 Å². The second-order valence-electron chi connectivity index (χ2n) is 6.85. The van der Waals surface area contributed by atoms with Gasteiger partial charge in [0.15, 0.2) is 0 Å². The van der Waals surface area contributed by atoms with Gasteiger partial charge >= 0.3 is 0 Å². The van der Waals surface area contributed by atoms with E-state index in [1.165, 1.54) is 12.8 Å². The Hall–Kier alpha value is -2.28. The van der Waals surface area contributed by atoms with Crippen LogP contribution in [0.4, 0.5) is 0 Å². The highest BCUT2D eigenvalue weighted by Crippen LogP contribution is 2.33. The third-order valence-electron chi connectivity index (χ3n) is 4.98. The van der Waals surface area contributed by atoms with E-state index in [9.17, 15) is 4.79 Å². The smallest absolute Gasteiger partial charge is 0.229 e. The highest BCUT2D eigenvalue weighted by Gasteiger charge is 2.35. The molecule has 2 aromatic heterocycles. The van der Waals surface area contributed by atoms with Crippen LogP contribution in [0.15, 0.2) is 24.4 Å². The molecule has 0 spiro atoms. The summed E-state index contributed by atoms with van der Waals surface area (Å²) in [5.41, 5.74) is 2.84. The minimum Gasteiger partial charge on any atom is -0.382 e. The van der Waals surface area contributed by atoms with Crippen LogP contribution in [0.25, 0.3) is 0 Å². The molecular formula is C18H23N5O2. The van der Waals surface area contributed by atoms with Crippen LogP contribution in [0.3, 0.4) is 0 Å². The van der Waals surface area contributed by atoms with Crippen molar-refractivity contribution in [2.75, 3.05) is 20.3 Å². The molecule has 1 aliphatic carbocycles. The van der Waals surface area contributed by atoms with Crippen molar-refractivity contribution < 1.29 is 9.53 Å². The van der Waals surface area contributed by atoms with Gasteiger partial charge in [-0.3, -0.25) is 9.78 Å². The molecule has 1 atom stereocenters. The molecule has 1 aliphatic heterocycles.